The minimum atomic E-state index is -1.37. The van der Waals surface area contributed by atoms with Crippen molar-refractivity contribution in [2.75, 3.05) is 16.8 Å². The monoisotopic (exact) mass is 458 g/mol. The van der Waals surface area contributed by atoms with Crippen molar-refractivity contribution in [1.82, 2.24) is 4.98 Å². The fraction of sp³-hybridized carbons (Fsp3) is 0.250. The van der Waals surface area contributed by atoms with Crippen molar-refractivity contribution in [3.05, 3.63) is 77.6 Å². The molecule has 9 heteroatoms. The van der Waals surface area contributed by atoms with Gasteiger partial charge < -0.3 is 16.0 Å². The number of carbonyl (C=O) groups excluding carboxylic acids is 1. The lowest BCUT2D eigenvalue weighted by molar-refractivity contribution is 0.102. The Labute approximate surface area is 188 Å². The van der Waals surface area contributed by atoms with Crippen molar-refractivity contribution in [2.45, 2.75) is 31.8 Å². The molecule has 1 saturated heterocycles. The van der Waals surface area contributed by atoms with Crippen molar-refractivity contribution < 1.29 is 22.4 Å². The summed E-state index contributed by atoms with van der Waals surface area (Å²) in [7, 11) is 0. The van der Waals surface area contributed by atoms with Gasteiger partial charge in [0.05, 0.1) is 34.3 Å². The summed E-state index contributed by atoms with van der Waals surface area (Å²) in [6.45, 7) is 2.60. The molecule has 2 atom stereocenters. The molecule has 1 fully saturated rings. The average Bonchev–Trinajstić information content (AvgIpc) is 2.78. The van der Waals surface area contributed by atoms with Crippen molar-refractivity contribution in [2.24, 2.45) is 5.73 Å². The predicted molar refractivity (Wildman–Crippen MR) is 118 cm³/mol. The molecule has 0 aliphatic carbocycles. The van der Waals surface area contributed by atoms with Crippen LogP contribution in [0.2, 0.25) is 0 Å². The standard InChI is InChI=1S/C24H22F4N4O/c1-13-5-6-14(29)12-32(13)20-9-10-30-11-19(20)31-24(33)15-7-8-18(27)22(23(15)28)21-16(25)3-2-4-17(21)26/h2-4,7-11,13-14H,5-6,12,29H2,1H3,(H,31,33)/t13-,14+/m1/s1. The molecule has 0 saturated carbocycles. The summed E-state index contributed by atoms with van der Waals surface area (Å²) in [6, 6.07) is 6.41. The number of hydrogen-bond donors (Lipinski definition) is 2. The summed E-state index contributed by atoms with van der Waals surface area (Å²) in [4.78, 5) is 19.0. The number of nitrogens with one attached hydrogen (secondary N) is 1. The van der Waals surface area contributed by atoms with Gasteiger partial charge >= 0.3 is 0 Å². The Morgan fingerprint density at radius 3 is 2.45 bits per heavy atom. The largest absolute Gasteiger partial charge is 0.366 e. The van der Waals surface area contributed by atoms with Crippen LogP contribution < -0.4 is 16.0 Å². The molecule has 5 nitrogen and oxygen atoms in total. The molecule has 1 aromatic heterocycles. The second kappa shape index (κ2) is 9.19. The Morgan fingerprint density at radius 1 is 1.03 bits per heavy atom. The molecule has 1 aliphatic heterocycles. The molecule has 2 heterocycles. The molecular formula is C24H22F4N4O. The fourth-order valence-electron chi connectivity index (χ4n) is 4.09. The van der Waals surface area contributed by atoms with Gasteiger partial charge in [-0.25, -0.2) is 17.6 Å². The van der Waals surface area contributed by atoms with Gasteiger partial charge in [0, 0.05) is 24.8 Å². The first-order chi connectivity index (χ1) is 15.8. The predicted octanol–water partition coefficient (Wildman–Crippen LogP) is 4.87. The molecule has 0 unspecified atom stereocenters. The maximum Gasteiger partial charge on any atom is 0.258 e. The SMILES string of the molecule is C[C@@H]1CC[C@H](N)CN1c1ccncc1NC(=O)c1ccc(F)c(-c2c(F)cccc2F)c1F. The first kappa shape index (κ1) is 22.7. The van der Waals surface area contributed by atoms with Crippen LogP contribution in [-0.2, 0) is 0 Å². The quantitative estimate of drug-likeness (QED) is 0.547. The van der Waals surface area contributed by atoms with Crippen LogP contribution in [0.25, 0.3) is 11.1 Å². The molecule has 2 aromatic carbocycles. The summed E-state index contributed by atoms with van der Waals surface area (Å²) in [6.07, 6.45) is 4.72. The molecule has 172 valence electrons. The van der Waals surface area contributed by atoms with Gasteiger partial charge in [-0.3, -0.25) is 9.78 Å². The highest BCUT2D eigenvalue weighted by Gasteiger charge is 2.27. The van der Waals surface area contributed by atoms with Crippen molar-refractivity contribution >= 4 is 17.3 Å². The van der Waals surface area contributed by atoms with E-state index in [4.69, 9.17) is 5.73 Å². The number of carbonyl (C=O) groups is 1. The van der Waals surface area contributed by atoms with E-state index in [1.807, 2.05) is 11.8 Å². The Morgan fingerprint density at radius 2 is 1.73 bits per heavy atom. The van der Waals surface area contributed by atoms with Gasteiger partial charge in [-0.1, -0.05) is 6.07 Å². The van der Waals surface area contributed by atoms with E-state index in [1.165, 1.54) is 6.20 Å². The maximum atomic E-state index is 15.2. The van der Waals surface area contributed by atoms with E-state index < -0.39 is 45.9 Å². The molecule has 1 amide bonds. The van der Waals surface area contributed by atoms with Crippen LogP contribution >= 0.6 is 0 Å². The van der Waals surface area contributed by atoms with Crippen LogP contribution in [0.3, 0.4) is 0 Å². The molecule has 3 aromatic rings. The number of aromatic nitrogens is 1. The van der Waals surface area contributed by atoms with Crippen LogP contribution in [-0.4, -0.2) is 29.5 Å². The lowest BCUT2D eigenvalue weighted by Crippen LogP contribution is -2.47. The molecule has 4 rings (SSSR count). The summed E-state index contributed by atoms with van der Waals surface area (Å²) >= 11 is 0. The molecular weight excluding hydrogens is 436 g/mol. The van der Waals surface area contributed by atoms with Gasteiger partial charge in [0.1, 0.15) is 23.3 Å². The van der Waals surface area contributed by atoms with Crippen LogP contribution in [0, 0.1) is 23.3 Å². The molecule has 0 bridgehead atoms. The lowest BCUT2D eigenvalue weighted by Gasteiger charge is -2.39. The normalized spacial score (nSPS) is 18.3. The average molecular weight is 458 g/mol. The van der Waals surface area contributed by atoms with Crippen LogP contribution in [0.15, 0.2) is 48.8 Å². The topological polar surface area (TPSA) is 71.2 Å². The van der Waals surface area contributed by atoms with E-state index in [9.17, 15) is 18.0 Å². The Hall–Kier alpha value is -3.46. The van der Waals surface area contributed by atoms with Crippen LogP contribution in [0.5, 0.6) is 0 Å². The van der Waals surface area contributed by atoms with Gasteiger partial charge in [0.2, 0.25) is 0 Å². The van der Waals surface area contributed by atoms with E-state index in [-0.39, 0.29) is 12.1 Å². The zero-order chi connectivity index (χ0) is 23.7. The van der Waals surface area contributed by atoms with Gasteiger partial charge in [-0.15, -0.1) is 0 Å². The minimum absolute atomic E-state index is 0.0364. The van der Waals surface area contributed by atoms with Crippen molar-refractivity contribution in [3.8, 4) is 11.1 Å². The summed E-state index contributed by atoms with van der Waals surface area (Å²) in [5.74, 6) is -5.75. The minimum Gasteiger partial charge on any atom is -0.366 e. The number of amides is 1. The number of pyridine rings is 1. The highest BCUT2D eigenvalue weighted by Crippen LogP contribution is 2.34. The second-order valence-corrected chi connectivity index (χ2v) is 8.07. The third kappa shape index (κ3) is 4.41. The molecule has 1 aliphatic rings. The Balaban J connectivity index is 1.70. The molecule has 33 heavy (non-hydrogen) atoms. The van der Waals surface area contributed by atoms with E-state index >= 15 is 4.39 Å². The number of hydrogen-bond acceptors (Lipinski definition) is 4. The third-order valence-electron chi connectivity index (χ3n) is 5.82. The highest BCUT2D eigenvalue weighted by atomic mass is 19.1. The third-order valence-corrected chi connectivity index (χ3v) is 5.82. The van der Waals surface area contributed by atoms with E-state index in [0.717, 1.165) is 43.2 Å². The fourth-order valence-corrected chi connectivity index (χ4v) is 4.09. The van der Waals surface area contributed by atoms with Gasteiger partial charge in [0.25, 0.3) is 5.91 Å². The van der Waals surface area contributed by atoms with Gasteiger partial charge in [0.15, 0.2) is 0 Å². The van der Waals surface area contributed by atoms with Gasteiger partial charge in [-0.2, -0.15) is 0 Å². The highest BCUT2D eigenvalue weighted by molar-refractivity contribution is 6.06. The van der Waals surface area contributed by atoms with E-state index in [1.54, 1.807) is 12.3 Å². The number of halogens is 4. The molecule has 0 radical (unpaired) electrons. The van der Waals surface area contributed by atoms with Crippen molar-refractivity contribution in [3.63, 3.8) is 0 Å². The number of rotatable bonds is 4. The van der Waals surface area contributed by atoms with Crippen LogP contribution in [0.4, 0.5) is 28.9 Å². The summed E-state index contributed by atoms with van der Waals surface area (Å²) in [5.41, 5.74) is 4.69. The van der Waals surface area contributed by atoms with E-state index in [2.05, 4.69) is 10.3 Å². The number of piperidine rings is 1. The number of anilines is 2. The van der Waals surface area contributed by atoms with Crippen LogP contribution in [0.1, 0.15) is 30.1 Å². The Kier molecular flexibility index (Phi) is 6.33. The number of benzene rings is 2. The zero-order valence-electron chi connectivity index (χ0n) is 17.8. The smallest absolute Gasteiger partial charge is 0.258 e. The maximum absolute atomic E-state index is 15.2. The number of nitrogens with two attached hydrogens (primary N) is 1. The summed E-state index contributed by atoms with van der Waals surface area (Å²) in [5, 5.41) is 2.59. The Bertz CT molecular complexity index is 1180. The first-order valence-electron chi connectivity index (χ1n) is 10.5. The van der Waals surface area contributed by atoms with Crippen molar-refractivity contribution in [1.29, 1.82) is 0 Å². The molecule has 0 spiro atoms. The zero-order valence-corrected chi connectivity index (χ0v) is 17.8. The molecule has 3 N–H and O–H groups in total. The van der Waals surface area contributed by atoms with E-state index in [0.29, 0.717) is 17.9 Å². The first-order valence-corrected chi connectivity index (χ1v) is 10.5. The van der Waals surface area contributed by atoms with Gasteiger partial charge in [-0.05, 0) is 50.1 Å². The lowest BCUT2D eigenvalue weighted by atomic mass is 9.99. The number of nitrogens with zero attached hydrogens (tertiary/aromatic N) is 2. The second-order valence-electron chi connectivity index (χ2n) is 8.07. The summed E-state index contributed by atoms with van der Waals surface area (Å²) < 4.78 is 58.1.